The second-order valence-electron chi connectivity index (χ2n) is 10.3. The third-order valence-corrected chi connectivity index (χ3v) is 7.76. The molecule has 6 nitrogen and oxygen atoms in total. The molecule has 0 fully saturated rings. The number of ether oxygens (including phenoxy) is 2. The van der Waals surface area contributed by atoms with Crippen LogP contribution in [0.5, 0.6) is 11.5 Å². The second-order valence-corrected chi connectivity index (χ2v) is 11.6. The molecule has 9 heteroatoms. The lowest BCUT2D eigenvalue weighted by Crippen LogP contribution is -2.21. The molecule has 0 N–H and O–H groups in total. The molecule has 0 saturated carbocycles. The maximum Gasteiger partial charge on any atom is 0.282 e. The molecule has 5 rings (SSSR count). The molecule has 220 valence electrons. The first-order valence-electron chi connectivity index (χ1n) is 13.9. The van der Waals surface area contributed by atoms with Crippen LogP contribution in [-0.2, 0) is 6.61 Å². The van der Waals surface area contributed by atoms with E-state index >= 15 is 0 Å². The maximum atomic E-state index is 14.3. The zero-order valence-electron chi connectivity index (χ0n) is 24.2. The summed E-state index contributed by atoms with van der Waals surface area (Å²) in [7, 11) is 0. The molecular formula is C34H30BrClFN3O3. The van der Waals surface area contributed by atoms with Crippen LogP contribution < -0.4 is 15.0 Å². The van der Waals surface area contributed by atoms with Crippen LogP contribution in [0.4, 0.5) is 4.39 Å². The summed E-state index contributed by atoms with van der Waals surface area (Å²) in [6, 6.07) is 20.9. The molecule has 0 unspecified atom stereocenters. The molecule has 0 aliphatic rings. The van der Waals surface area contributed by atoms with Crippen molar-refractivity contribution in [2.75, 3.05) is 6.61 Å². The third-order valence-electron chi connectivity index (χ3n) is 6.95. The molecule has 1 aromatic heterocycles. The van der Waals surface area contributed by atoms with Gasteiger partial charge >= 0.3 is 0 Å². The van der Waals surface area contributed by atoms with Crippen LogP contribution in [-0.4, -0.2) is 22.5 Å². The summed E-state index contributed by atoms with van der Waals surface area (Å²) in [5.74, 6) is 1.39. The number of benzene rings is 4. The van der Waals surface area contributed by atoms with E-state index in [1.165, 1.54) is 17.0 Å². The predicted octanol–water partition coefficient (Wildman–Crippen LogP) is 8.91. The average molecular weight is 663 g/mol. The second kappa shape index (κ2) is 13.1. The highest BCUT2D eigenvalue weighted by Gasteiger charge is 2.19. The number of rotatable bonds is 9. The first-order chi connectivity index (χ1) is 20.7. The van der Waals surface area contributed by atoms with Gasteiger partial charge in [-0.1, -0.05) is 55.8 Å². The molecule has 43 heavy (non-hydrogen) atoms. The fraction of sp³-hybridized carbons (Fsp3) is 0.206. The SMILES string of the molecule is CCOc1cc(C)c(-c2nc3ccccc3c(=O)n2N=Cc2cc(Cl)cc(Br)c2OCc2ccccc2F)cc1C(C)C. The van der Waals surface area contributed by atoms with Gasteiger partial charge in [-0.05, 0) is 89.3 Å². The molecule has 4 aromatic carbocycles. The van der Waals surface area contributed by atoms with Gasteiger partial charge in [0.15, 0.2) is 5.82 Å². The van der Waals surface area contributed by atoms with E-state index in [0.29, 0.717) is 49.7 Å². The van der Waals surface area contributed by atoms with Crippen molar-refractivity contribution in [2.24, 2.45) is 5.10 Å². The minimum Gasteiger partial charge on any atom is -0.494 e. The van der Waals surface area contributed by atoms with Crippen molar-refractivity contribution in [3.63, 3.8) is 0 Å². The van der Waals surface area contributed by atoms with E-state index in [9.17, 15) is 9.18 Å². The number of hydrogen-bond donors (Lipinski definition) is 0. The highest BCUT2D eigenvalue weighted by Crippen LogP contribution is 2.35. The van der Waals surface area contributed by atoms with Crippen molar-refractivity contribution < 1.29 is 13.9 Å². The lowest BCUT2D eigenvalue weighted by atomic mass is 9.96. The Labute approximate surface area is 262 Å². The van der Waals surface area contributed by atoms with E-state index < -0.39 is 0 Å². The van der Waals surface area contributed by atoms with Gasteiger partial charge in [-0.2, -0.15) is 9.78 Å². The van der Waals surface area contributed by atoms with Crippen LogP contribution in [0, 0.1) is 12.7 Å². The molecule has 0 aliphatic carbocycles. The minimum absolute atomic E-state index is 0.0141. The van der Waals surface area contributed by atoms with E-state index in [1.807, 2.05) is 38.1 Å². The van der Waals surface area contributed by atoms with Crippen LogP contribution >= 0.6 is 27.5 Å². The van der Waals surface area contributed by atoms with Gasteiger partial charge < -0.3 is 9.47 Å². The molecule has 0 bridgehead atoms. The van der Waals surface area contributed by atoms with Gasteiger partial charge in [-0.3, -0.25) is 4.79 Å². The topological polar surface area (TPSA) is 65.7 Å². The van der Waals surface area contributed by atoms with Crippen LogP contribution in [0.2, 0.25) is 5.02 Å². The molecule has 0 radical (unpaired) electrons. The van der Waals surface area contributed by atoms with Crippen molar-refractivity contribution in [3.05, 3.63) is 121 Å². The number of nitrogens with zero attached hydrogens (tertiary/aromatic N) is 3. The van der Waals surface area contributed by atoms with Crippen LogP contribution in [0.15, 0.2) is 87.2 Å². The molecule has 0 atom stereocenters. The van der Waals surface area contributed by atoms with E-state index in [4.69, 9.17) is 26.1 Å². The first kappa shape index (κ1) is 30.4. The highest BCUT2D eigenvalue weighted by atomic mass is 79.9. The summed E-state index contributed by atoms with van der Waals surface area (Å²) in [6.45, 7) is 8.62. The standard InChI is InChI=1S/C34H30BrClFN3O3/c1-5-42-31-14-21(4)27(17-26(31)20(2)3)33-39-30-13-9-7-11-25(30)34(41)40(33)38-18-23-15-24(36)16-28(35)32(23)43-19-22-10-6-8-12-29(22)37/h6-18,20H,5,19H2,1-4H3. The van der Waals surface area contributed by atoms with Gasteiger partial charge in [0.1, 0.15) is 23.9 Å². The van der Waals surface area contributed by atoms with Gasteiger partial charge in [0.25, 0.3) is 5.56 Å². The Morgan fingerprint density at radius 3 is 2.56 bits per heavy atom. The maximum absolute atomic E-state index is 14.3. The van der Waals surface area contributed by atoms with Crippen LogP contribution in [0.25, 0.3) is 22.3 Å². The fourth-order valence-electron chi connectivity index (χ4n) is 4.79. The van der Waals surface area contributed by atoms with Crippen molar-refractivity contribution in [3.8, 4) is 22.9 Å². The molecule has 0 aliphatic heterocycles. The third kappa shape index (κ3) is 6.50. The average Bonchev–Trinajstić information content (AvgIpc) is 2.97. The van der Waals surface area contributed by atoms with Crippen molar-refractivity contribution in [1.82, 2.24) is 9.66 Å². The van der Waals surface area contributed by atoms with E-state index in [0.717, 1.165) is 22.4 Å². The van der Waals surface area contributed by atoms with E-state index in [1.54, 1.807) is 42.5 Å². The van der Waals surface area contributed by atoms with E-state index in [-0.39, 0.29) is 23.9 Å². The largest absolute Gasteiger partial charge is 0.494 e. The first-order valence-corrected chi connectivity index (χ1v) is 15.0. The Morgan fingerprint density at radius 2 is 1.81 bits per heavy atom. The number of aryl methyl sites for hydroxylation is 1. The summed E-state index contributed by atoms with van der Waals surface area (Å²) >= 11 is 9.90. The number of aromatic nitrogens is 2. The Hall–Kier alpha value is -4.01. The number of fused-ring (bicyclic) bond motifs is 1. The molecule has 1 heterocycles. The van der Waals surface area contributed by atoms with Crippen molar-refractivity contribution in [2.45, 2.75) is 40.2 Å². The molecule has 0 spiro atoms. The Balaban J connectivity index is 1.66. The van der Waals surface area contributed by atoms with Gasteiger partial charge in [0, 0.05) is 21.7 Å². The van der Waals surface area contributed by atoms with Gasteiger partial charge in [0.2, 0.25) is 0 Å². The normalized spacial score (nSPS) is 11.5. The number of para-hydroxylation sites is 1. The molecule has 0 saturated heterocycles. The number of halogens is 3. The zero-order valence-corrected chi connectivity index (χ0v) is 26.5. The summed E-state index contributed by atoms with van der Waals surface area (Å²) < 4.78 is 28.1. The molecule has 0 amide bonds. The van der Waals surface area contributed by atoms with Gasteiger partial charge in [-0.15, -0.1) is 0 Å². The van der Waals surface area contributed by atoms with Crippen molar-refractivity contribution in [1.29, 1.82) is 0 Å². The van der Waals surface area contributed by atoms with E-state index in [2.05, 4.69) is 34.9 Å². The summed E-state index contributed by atoms with van der Waals surface area (Å²) in [5, 5.41) is 5.50. The smallest absolute Gasteiger partial charge is 0.282 e. The summed E-state index contributed by atoms with van der Waals surface area (Å²) in [6.07, 6.45) is 1.50. The Bertz CT molecular complexity index is 1910. The predicted molar refractivity (Wildman–Crippen MR) is 174 cm³/mol. The lowest BCUT2D eigenvalue weighted by molar-refractivity contribution is 0.297. The summed E-state index contributed by atoms with van der Waals surface area (Å²) in [5.41, 5.74) is 3.78. The number of hydrogen-bond acceptors (Lipinski definition) is 5. The van der Waals surface area contributed by atoms with Crippen molar-refractivity contribution >= 4 is 44.6 Å². The molecule has 5 aromatic rings. The monoisotopic (exact) mass is 661 g/mol. The van der Waals surface area contributed by atoms with Crippen LogP contribution in [0.1, 0.15) is 48.9 Å². The fourth-order valence-corrected chi connectivity index (χ4v) is 5.74. The van der Waals surface area contributed by atoms with Gasteiger partial charge in [0.05, 0.1) is 28.2 Å². The minimum atomic E-state index is -0.368. The summed E-state index contributed by atoms with van der Waals surface area (Å²) in [4.78, 5) is 18.8. The Kier molecular flexibility index (Phi) is 9.28. The highest BCUT2D eigenvalue weighted by molar-refractivity contribution is 9.10. The molecular weight excluding hydrogens is 633 g/mol. The lowest BCUT2D eigenvalue weighted by Gasteiger charge is -2.18. The van der Waals surface area contributed by atoms with Crippen LogP contribution in [0.3, 0.4) is 0 Å². The van der Waals surface area contributed by atoms with Gasteiger partial charge in [-0.25, -0.2) is 9.37 Å². The zero-order chi connectivity index (χ0) is 30.7. The Morgan fingerprint density at radius 1 is 1.07 bits per heavy atom. The quantitative estimate of drug-likeness (QED) is 0.148.